The molecule has 1 aliphatic rings. The van der Waals surface area contributed by atoms with Gasteiger partial charge >= 0.3 is 7.05 Å². The lowest BCUT2D eigenvalue weighted by molar-refractivity contribution is 0.245. The molecule has 0 atom stereocenters. The Labute approximate surface area is 178 Å². The van der Waals surface area contributed by atoms with E-state index in [4.69, 9.17) is 5.73 Å². The summed E-state index contributed by atoms with van der Waals surface area (Å²) in [7, 11) is -0.775. The number of benzene rings is 1. The van der Waals surface area contributed by atoms with Crippen molar-refractivity contribution in [2.24, 2.45) is 0 Å². The molecular formula is C18H24BF2N9O. The number of nitrogens with one attached hydrogen (secondary N) is 2. The summed E-state index contributed by atoms with van der Waals surface area (Å²) < 4.78 is 28.9. The van der Waals surface area contributed by atoms with Crippen molar-refractivity contribution in [3.8, 4) is 0 Å². The third-order valence-corrected chi connectivity index (χ3v) is 5.16. The fraction of sp³-hybridized carbons (Fsp3) is 0.389. The van der Waals surface area contributed by atoms with E-state index >= 15 is 0 Å². The number of nitrogen functional groups attached to an aromatic ring is 1. The molecule has 4 rings (SSSR count). The lowest BCUT2D eigenvalue weighted by Crippen LogP contribution is -2.47. The molecular weight excluding hydrogens is 407 g/mol. The van der Waals surface area contributed by atoms with Crippen LogP contribution in [0.3, 0.4) is 0 Å². The second-order valence-corrected chi connectivity index (χ2v) is 7.41. The summed E-state index contributed by atoms with van der Waals surface area (Å²) in [5.74, 6) is -0.581. The third kappa shape index (κ3) is 4.84. The van der Waals surface area contributed by atoms with Gasteiger partial charge in [-0.05, 0) is 19.0 Å². The highest BCUT2D eigenvalue weighted by Crippen LogP contribution is 2.22. The number of hydrazine groups is 1. The average Bonchev–Trinajstić information content (AvgIpc) is 3.14. The van der Waals surface area contributed by atoms with Crippen LogP contribution in [-0.4, -0.2) is 69.4 Å². The van der Waals surface area contributed by atoms with Crippen molar-refractivity contribution in [2.45, 2.75) is 13.4 Å². The molecule has 0 radical (unpaired) electrons. The monoisotopic (exact) mass is 431 g/mol. The Morgan fingerprint density at radius 3 is 2.65 bits per heavy atom. The fourth-order valence-electron chi connectivity index (χ4n) is 3.59. The molecule has 0 unspecified atom stereocenters. The van der Waals surface area contributed by atoms with E-state index in [9.17, 15) is 13.8 Å². The van der Waals surface area contributed by atoms with Gasteiger partial charge in [0.2, 0.25) is 5.95 Å². The van der Waals surface area contributed by atoms with Crippen LogP contribution in [0.5, 0.6) is 0 Å². The SMILES string of the molecule is CB(O)NNc1nc(N)nc2c1cnn2CCN1CCN(c2ccc(F)cc2F)CC1. The van der Waals surface area contributed by atoms with Crippen LogP contribution in [-0.2, 0) is 6.54 Å². The standard InChI is InChI=1S/C18H24BF2N9O/c1-19(31)27-26-16-13-11-23-30(17(13)25-18(22)24-16)9-6-28-4-7-29(8-5-28)15-3-2-12(20)10-14(15)21/h2-3,10-11,27,31H,4-9H2,1H3,(H3,22,24,25,26). The van der Waals surface area contributed by atoms with Gasteiger partial charge in [-0.2, -0.15) is 15.1 Å². The molecule has 1 aliphatic heterocycles. The topological polar surface area (TPSA) is 120 Å². The van der Waals surface area contributed by atoms with E-state index in [0.29, 0.717) is 42.2 Å². The average molecular weight is 431 g/mol. The predicted molar refractivity (Wildman–Crippen MR) is 115 cm³/mol. The minimum Gasteiger partial charge on any atom is -0.436 e. The van der Waals surface area contributed by atoms with Crippen molar-refractivity contribution in [3.05, 3.63) is 36.0 Å². The van der Waals surface area contributed by atoms with Gasteiger partial charge in [0, 0.05) is 38.8 Å². The summed E-state index contributed by atoms with van der Waals surface area (Å²) in [6, 6.07) is 3.68. The summed E-state index contributed by atoms with van der Waals surface area (Å²) >= 11 is 0. The maximum Gasteiger partial charge on any atom is 0.392 e. The van der Waals surface area contributed by atoms with Gasteiger partial charge in [0.1, 0.15) is 11.6 Å². The molecule has 0 aliphatic carbocycles. The third-order valence-electron chi connectivity index (χ3n) is 5.16. The van der Waals surface area contributed by atoms with Crippen LogP contribution in [0.4, 0.5) is 26.2 Å². The van der Waals surface area contributed by atoms with Crippen molar-refractivity contribution < 1.29 is 13.8 Å². The van der Waals surface area contributed by atoms with Crippen molar-refractivity contribution in [2.75, 3.05) is 48.8 Å². The number of nitrogens with zero attached hydrogens (tertiary/aromatic N) is 6. The Balaban J connectivity index is 1.38. The molecule has 31 heavy (non-hydrogen) atoms. The Morgan fingerprint density at radius 1 is 1.16 bits per heavy atom. The van der Waals surface area contributed by atoms with Crippen molar-refractivity contribution in [1.29, 1.82) is 0 Å². The molecule has 0 bridgehead atoms. The Hall–Kier alpha value is -3.03. The minimum atomic E-state index is -0.775. The number of hydrogen-bond donors (Lipinski definition) is 4. The van der Waals surface area contributed by atoms with Crippen molar-refractivity contribution in [1.82, 2.24) is 30.0 Å². The molecule has 0 amide bonds. The minimum absolute atomic E-state index is 0.0964. The Morgan fingerprint density at radius 2 is 1.94 bits per heavy atom. The van der Waals surface area contributed by atoms with E-state index in [-0.39, 0.29) is 5.95 Å². The highest BCUT2D eigenvalue weighted by molar-refractivity contribution is 6.45. The lowest BCUT2D eigenvalue weighted by atomic mass is 9.91. The highest BCUT2D eigenvalue weighted by Gasteiger charge is 2.20. The molecule has 0 spiro atoms. The first-order valence-corrected chi connectivity index (χ1v) is 10.0. The number of piperazine rings is 1. The molecule has 1 fully saturated rings. The first-order valence-electron chi connectivity index (χ1n) is 10.0. The number of halogens is 2. The van der Waals surface area contributed by atoms with Gasteiger partial charge < -0.3 is 21.1 Å². The van der Waals surface area contributed by atoms with E-state index in [0.717, 1.165) is 25.7 Å². The van der Waals surface area contributed by atoms with E-state index in [2.05, 4.69) is 30.7 Å². The number of nitrogens with two attached hydrogens (primary N) is 1. The van der Waals surface area contributed by atoms with E-state index < -0.39 is 18.7 Å². The van der Waals surface area contributed by atoms with Crippen LogP contribution in [0.2, 0.25) is 6.82 Å². The predicted octanol–water partition coefficient (Wildman–Crippen LogP) is 0.536. The van der Waals surface area contributed by atoms with Crippen LogP contribution in [0.15, 0.2) is 24.4 Å². The summed E-state index contributed by atoms with van der Waals surface area (Å²) in [5, 5.41) is 17.1. The van der Waals surface area contributed by atoms with Gasteiger partial charge in [-0.1, -0.05) is 0 Å². The van der Waals surface area contributed by atoms with Crippen LogP contribution >= 0.6 is 0 Å². The Kier molecular flexibility index (Phi) is 6.16. The van der Waals surface area contributed by atoms with Gasteiger partial charge in [0.25, 0.3) is 0 Å². The number of aromatic nitrogens is 4. The zero-order valence-electron chi connectivity index (χ0n) is 17.1. The van der Waals surface area contributed by atoms with Crippen LogP contribution in [0.1, 0.15) is 0 Å². The van der Waals surface area contributed by atoms with Gasteiger partial charge in [0.05, 0.1) is 23.8 Å². The molecule has 3 heterocycles. The molecule has 13 heteroatoms. The zero-order valence-corrected chi connectivity index (χ0v) is 17.1. The molecule has 164 valence electrons. The van der Waals surface area contributed by atoms with E-state index in [1.165, 1.54) is 12.1 Å². The van der Waals surface area contributed by atoms with Gasteiger partial charge in [-0.15, -0.1) is 0 Å². The maximum atomic E-state index is 14.0. The molecule has 3 aromatic rings. The van der Waals surface area contributed by atoms with Gasteiger partial charge in [-0.3, -0.25) is 4.90 Å². The smallest absolute Gasteiger partial charge is 0.392 e. The van der Waals surface area contributed by atoms with Gasteiger partial charge in [0.15, 0.2) is 11.5 Å². The van der Waals surface area contributed by atoms with Crippen molar-refractivity contribution >= 4 is 35.5 Å². The summed E-state index contributed by atoms with van der Waals surface area (Å²) in [6.07, 6.45) is 1.65. The van der Waals surface area contributed by atoms with E-state index in [1.807, 2.05) is 4.90 Å². The maximum absolute atomic E-state index is 14.0. The fourth-order valence-corrected chi connectivity index (χ4v) is 3.59. The Bertz CT molecular complexity index is 1060. The normalized spacial score (nSPS) is 14.9. The van der Waals surface area contributed by atoms with Crippen LogP contribution in [0.25, 0.3) is 11.0 Å². The molecule has 5 N–H and O–H groups in total. The molecule has 1 aromatic carbocycles. The lowest BCUT2D eigenvalue weighted by Gasteiger charge is -2.36. The zero-order chi connectivity index (χ0) is 22.0. The van der Waals surface area contributed by atoms with Gasteiger partial charge in [-0.25, -0.2) is 18.8 Å². The van der Waals surface area contributed by atoms with E-state index in [1.54, 1.807) is 17.7 Å². The highest BCUT2D eigenvalue weighted by atomic mass is 19.1. The summed E-state index contributed by atoms with van der Waals surface area (Å²) in [6.45, 7) is 5.69. The first kappa shape index (κ1) is 21.2. The number of hydrogen-bond acceptors (Lipinski definition) is 9. The second kappa shape index (κ2) is 9.00. The molecule has 0 saturated carbocycles. The number of rotatable bonds is 7. The van der Waals surface area contributed by atoms with Crippen molar-refractivity contribution in [3.63, 3.8) is 0 Å². The largest absolute Gasteiger partial charge is 0.436 e. The molecule has 10 nitrogen and oxygen atoms in total. The molecule has 2 aromatic heterocycles. The first-order chi connectivity index (χ1) is 14.9. The summed E-state index contributed by atoms with van der Waals surface area (Å²) in [5.41, 5.74) is 9.67. The van der Waals surface area contributed by atoms with Crippen LogP contribution < -0.4 is 21.4 Å². The molecule has 1 saturated heterocycles. The van der Waals surface area contributed by atoms with Crippen LogP contribution in [0, 0.1) is 11.6 Å². The second-order valence-electron chi connectivity index (χ2n) is 7.41. The summed E-state index contributed by atoms with van der Waals surface area (Å²) in [4.78, 5) is 12.6. The quantitative estimate of drug-likeness (QED) is 0.314. The number of anilines is 3. The number of fused-ring (bicyclic) bond motifs is 1.